The number of nitrogen functional groups attached to an aromatic ring is 1. The zero-order valence-electron chi connectivity index (χ0n) is 16.9. The van der Waals surface area contributed by atoms with E-state index in [0.717, 1.165) is 27.6 Å². The molecule has 0 unspecified atom stereocenters. The lowest BCUT2D eigenvalue weighted by Crippen LogP contribution is -2.31. The highest BCUT2D eigenvalue weighted by molar-refractivity contribution is 6.03. The fourth-order valence-electron chi connectivity index (χ4n) is 3.78. The SMILES string of the molecule is NCc1cccc(N(C(N)=O)c2ccc(-c3cccc4c3c(N)nn4CCO)cc2)c1. The summed E-state index contributed by atoms with van der Waals surface area (Å²) in [7, 11) is 0. The summed E-state index contributed by atoms with van der Waals surface area (Å²) in [4.78, 5) is 13.6. The molecule has 0 saturated carbocycles. The van der Waals surface area contributed by atoms with Crippen molar-refractivity contribution in [2.45, 2.75) is 13.1 Å². The van der Waals surface area contributed by atoms with Crippen LogP contribution in [0.3, 0.4) is 0 Å². The minimum Gasteiger partial charge on any atom is -0.394 e. The number of carbonyl (C=O) groups excluding carboxylic acids is 1. The van der Waals surface area contributed by atoms with E-state index < -0.39 is 6.03 Å². The topological polar surface area (TPSA) is 136 Å². The molecule has 158 valence electrons. The molecule has 8 nitrogen and oxygen atoms in total. The van der Waals surface area contributed by atoms with Crippen molar-refractivity contribution in [3.05, 3.63) is 72.3 Å². The lowest BCUT2D eigenvalue weighted by molar-refractivity contribution is 0.256. The maximum absolute atomic E-state index is 12.2. The number of primary amides is 1. The third-order valence-corrected chi connectivity index (χ3v) is 5.18. The molecule has 2 amide bonds. The Morgan fingerprint density at radius 2 is 1.77 bits per heavy atom. The molecule has 4 aromatic rings. The van der Waals surface area contributed by atoms with E-state index in [4.69, 9.17) is 17.2 Å². The summed E-state index contributed by atoms with van der Waals surface area (Å²) in [6.07, 6.45) is 0. The van der Waals surface area contributed by atoms with Crippen molar-refractivity contribution < 1.29 is 9.90 Å². The Balaban J connectivity index is 1.75. The van der Waals surface area contributed by atoms with E-state index in [2.05, 4.69) is 5.10 Å². The average Bonchev–Trinajstić information content (AvgIpc) is 3.10. The molecule has 0 fully saturated rings. The Kier molecular flexibility index (Phi) is 5.57. The van der Waals surface area contributed by atoms with Crippen molar-refractivity contribution in [2.75, 3.05) is 17.2 Å². The van der Waals surface area contributed by atoms with Crippen LogP contribution in [0, 0.1) is 0 Å². The van der Waals surface area contributed by atoms with Crippen LogP contribution >= 0.6 is 0 Å². The van der Waals surface area contributed by atoms with Gasteiger partial charge in [0.05, 0.1) is 35.4 Å². The van der Waals surface area contributed by atoms with E-state index in [0.29, 0.717) is 30.3 Å². The standard InChI is InChI=1S/C23H24N6O2/c24-14-15-3-1-4-18(13-15)29(23(26)31)17-9-7-16(8-10-17)19-5-2-6-20-21(19)22(25)27-28(20)11-12-30/h1-10,13,30H,11-12,14,24H2,(H2,25,27)(H2,26,31). The Morgan fingerprint density at radius 3 is 2.45 bits per heavy atom. The van der Waals surface area contributed by atoms with Crippen LogP contribution in [0.5, 0.6) is 0 Å². The summed E-state index contributed by atoms with van der Waals surface area (Å²) in [5.41, 5.74) is 22.5. The van der Waals surface area contributed by atoms with Crippen LogP contribution in [-0.4, -0.2) is 27.5 Å². The number of aliphatic hydroxyl groups is 1. The molecule has 7 N–H and O–H groups in total. The summed E-state index contributed by atoms with van der Waals surface area (Å²) in [6, 6.07) is 20.1. The number of urea groups is 1. The van der Waals surface area contributed by atoms with Gasteiger partial charge in [-0.25, -0.2) is 4.79 Å². The fraction of sp³-hybridized carbons (Fsp3) is 0.130. The second kappa shape index (κ2) is 8.47. The minimum atomic E-state index is -0.585. The number of rotatable bonds is 6. The number of hydrogen-bond acceptors (Lipinski definition) is 5. The lowest BCUT2D eigenvalue weighted by Gasteiger charge is -2.21. The van der Waals surface area contributed by atoms with Gasteiger partial charge >= 0.3 is 6.03 Å². The van der Waals surface area contributed by atoms with Crippen LogP contribution < -0.4 is 22.1 Å². The molecule has 0 radical (unpaired) electrons. The largest absolute Gasteiger partial charge is 0.394 e. The minimum absolute atomic E-state index is 0.0244. The molecule has 4 rings (SSSR count). The number of hydrogen-bond donors (Lipinski definition) is 4. The van der Waals surface area contributed by atoms with Gasteiger partial charge < -0.3 is 22.3 Å². The zero-order chi connectivity index (χ0) is 22.0. The number of aromatic nitrogens is 2. The van der Waals surface area contributed by atoms with Gasteiger partial charge in [-0.2, -0.15) is 5.10 Å². The van der Waals surface area contributed by atoms with Crippen molar-refractivity contribution in [3.8, 4) is 11.1 Å². The monoisotopic (exact) mass is 416 g/mol. The number of benzene rings is 3. The Morgan fingerprint density at radius 1 is 1.03 bits per heavy atom. The molecule has 0 atom stereocenters. The van der Waals surface area contributed by atoms with E-state index in [-0.39, 0.29) is 6.61 Å². The number of carbonyl (C=O) groups is 1. The van der Waals surface area contributed by atoms with Crippen molar-refractivity contribution in [1.82, 2.24) is 9.78 Å². The van der Waals surface area contributed by atoms with Crippen molar-refractivity contribution >= 4 is 34.1 Å². The molecule has 0 saturated heterocycles. The molecule has 0 bridgehead atoms. The van der Waals surface area contributed by atoms with Gasteiger partial charge in [-0.1, -0.05) is 36.4 Å². The molecule has 3 aromatic carbocycles. The summed E-state index contributed by atoms with van der Waals surface area (Å²) < 4.78 is 1.70. The van der Waals surface area contributed by atoms with Crippen molar-refractivity contribution in [1.29, 1.82) is 0 Å². The zero-order valence-corrected chi connectivity index (χ0v) is 16.9. The van der Waals surface area contributed by atoms with Crippen molar-refractivity contribution in [2.24, 2.45) is 11.5 Å². The normalized spacial score (nSPS) is 11.0. The third kappa shape index (κ3) is 3.81. The van der Waals surface area contributed by atoms with E-state index in [1.54, 1.807) is 4.68 Å². The smallest absolute Gasteiger partial charge is 0.323 e. The first kappa shape index (κ1) is 20.4. The number of aliphatic hydroxyl groups excluding tert-OH is 1. The average molecular weight is 416 g/mol. The van der Waals surface area contributed by atoms with Gasteiger partial charge in [0.1, 0.15) is 0 Å². The second-order valence-corrected chi connectivity index (χ2v) is 7.13. The Bertz CT molecular complexity index is 1230. The van der Waals surface area contributed by atoms with Crippen LogP contribution in [0.15, 0.2) is 66.7 Å². The molecule has 0 spiro atoms. The summed E-state index contributed by atoms with van der Waals surface area (Å²) in [5, 5.41) is 14.4. The van der Waals surface area contributed by atoms with Gasteiger partial charge in [0.15, 0.2) is 5.82 Å². The Hall–Kier alpha value is -3.88. The molecular weight excluding hydrogens is 392 g/mol. The van der Waals surface area contributed by atoms with Crippen LogP contribution in [0.1, 0.15) is 5.56 Å². The Labute approximate surface area is 179 Å². The van der Waals surface area contributed by atoms with Gasteiger partial charge in [0, 0.05) is 6.54 Å². The molecule has 0 aliphatic carbocycles. The first-order valence-corrected chi connectivity index (χ1v) is 9.88. The molecule has 0 aliphatic heterocycles. The molecule has 31 heavy (non-hydrogen) atoms. The quantitative estimate of drug-likeness (QED) is 0.383. The summed E-state index contributed by atoms with van der Waals surface area (Å²) >= 11 is 0. The highest BCUT2D eigenvalue weighted by Gasteiger charge is 2.17. The summed E-state index contributed by atoms with van der Waals surface area (Å²) in [5.74, 6) is 0.403. The molecule has 1 aromatic heterocycles. The predicted molar refractivity (Wildman–Crippen MR) is 123 cm³/mol. The van der Waals surface area contributed by atoms with Gasteiger partial charge in [-0.3, -0.25) is 9.58 Å². The predicted octanol–water partition coefficient (Wildman–Crippen LogP) is 2.95. The maximum atomic E-state index is 12.2. The van der Waals surface area contributed by atoms with E-state index in [1.165, 1.54) is 4.90 Å². The van der Waals surface area contributed by atoms with Gasteiger partial charge in [0.2, 0.25) is 0 Å². The van der Waals surface area contributed by atoms with E-state index in [9.17, 15) is 9.90 Å². The molecular formula is C23H24N6O2. The first-order chi connectivity index (χ1) is 15.0. The van der Waals surface area contributed by atoms with Crippen LogP contribution in [0.25, 0.3) is 22.0 Å². The van der Waals surface area contributed by atoms with Crippen LogP contribution in [0.2, 0.25) is 0 Å². The number of amides is 2. The number of nitrogens with two attached hydrogens (primary N) is 3. The highest BCUT2D eigenvalue weighted by atomic mass is 16.3. The van der Waals surface area contributed by atoms with Crippen LogP contribution in [-0.2, 0) is 13.1 Å². The summed E-state index contributed by atoms with van der Waals surface area (Å²) in [6.45, 7) is 0.712. The fourth-order valence-corrected chi connectivity index (χ4v) is 3.78. The molecule has 1 heterocycles. The second-order valence-electron chi connectivity index (χ2n) is 7.13. The van der Waals surface area contributed by atoms with E-state index >= 15 is 0 Å². The van der Waals surface area contributed by atoms with Gasteiger partial charge in [-0.05, 0) is 47.0 Å². The highest BCUT2D eigenvalue weighted by Crippen LogP contribution is 2.34. The number of fused-ring (bicyclic) bond motifs is 1. The lowest BCUT2D eigenvalue weighted by atomic mass is 10.0. The number of anilines is 3. The molecule has 8 heteroatoms. The third-order valence-electron chi connectivity index (χ3n) is 5.18. The van der Waals surface area contributed by atoms with Crippen molar-refractivity contribution in [3.63, 3.8) is 0 Å². The van der Waals surface area contributed by atoms with Gasteiger partial charge in [0.25, 0.3) is 0 Å². The number of nitrogens with zero attached hydrogens (tertiary/aromatic N) is 3. The van der Waals surface area contributed by atoms with E-state index in [1.807, 2.05) is 66.7 Å². The van der Waals surface area contributed by atoms with Gasteiger partial charge in [-0.15, -0.1) is 0 Å². The van der Waals surface area contributed by atoms with Crippen LogP contribution in [0.4, 0.5) is 22.0 Å². The maximum Gasteiger partial charge on any atom is 0.323 e. The molecule has 0 aliphatic rings. The first-order valence-electron chi connectivity index (χ1n) is 9.88.